The van der Waals surface area contributed by atoms with Crippen molar-refractivity contribution in [1.29, 1.82) is 0 Å². The van der Waals surface area contributed by atoms with Crippen LogP contribution in [0.25, 0.3) is 0 Å². The van der Waals surface area contributed by atoms with E-state index in [0.29, 0.717) is 0 Å². The summed E-state index contributed by atoms with van der Waals surface area (Å²) in [7, 11) is 0. The van der Waals surface area contributed by atoms with E-state index in [9.17, 15) is 0 Å². The van der Waals surface area contributed by atoms with Gasteiger partial charge in [0.15, 0.2) is 0 Å². The minimum atomic E-state index is 0.897. The van der Waals surface area contributed by atoms with E-state index in [1.54, 1.807) is 0 Å². The van der Waals surface area contributed by atoms with E-state index in [-0.39, 0.29) is 0 Å². The van der Waals surface area contributed by atoms with Crippen molar-refractivity contribution in [1.82, 2.24) is 0 Å². The predicted molar refractivity (Wildman–Crippen MR) is 100 cm³/mol. The van der Waals surface area contributed by atoms with Crippen LogP contribution in [0.15, 0.2) is 11.8 Å². The quantitative estimate of drug-likeness (QED) is 0.197. The van der Waals surface area contributed by atoms with E-state index < -0.39 is 0 Å². The van der Waals surface area contributed by atoms with Crippen molar-refractivity contribution in [2.45, 2.75) is 117 Å². The monoisotopic (exact) mass is 310 g/mol. The second-order valence-corrected chi connectivity index (χ2v) is 6.60. The Labute approximate surface area is 140 Å². The van der Waals surface area contributed by atoms with Gasteiger partial charge in [0.2, 0.25) is 0 Å². The summed E-state index contributed by atoms with van der Waals surface area (Å²) in [5.41, 5.74) is 0. The van der Waals surface area contributed by atoms with Crippen molar-refractivity contribution < 1.29 is 4.74 Å². The fraction of sp³-hybridized carbons (Fsp3) is 0.905. The maximum atomic E-state index is 5.79. The van der Waals surface area contributed by atoms with Crippen LogP contribution in [0.4, 0.5) is 0 Å². The van der Waals surface area contributed by atoms with Crippen LogP contribution in [-0.2, 0) is 4.74 Å². The van der Waals surface area contributed by atoms with Crippen molar-refractivity contribution in [2.24, 2.45) is 0 Å². The molecule has 0 N–H and O–H groups in total. The molecule has 0 unspecified atom stereocenters. The first-order valence-corrected chi connectivity index (χ1v) is 10.1. The molecule has 0 atom stereocenters. The number of hydrogen-bond acceptors (Lipinski definition) is 1. The molecule has 22 heavy (non-hydrogen) atoms. The van der Waals surface area contributed by atoms with Gasteiger partial charge in [-0.05, 0) is 25.8 Å². The van der Waals surface area contributed by atoms with E-state index >= 15 is 0 Å². The Morgan fingerprint density at radius 2 is 1.09 bits per heavy atom. The molecule has 0 heterocycles. The SMILES string of the molecule is CC=C(CCCCCCCCCCCCCC)OCCCC. The van der Waals surface area contributed by atoms with E-state index in [1.165, 1.54) is 95.7 Å². The lowest BCUT2D eigenvalue weighted by atomic mass is 10.0. The Bertz CT molecular complexity index is 232. The summed E-state index contributed by atoms with van der Waals surface area (Å²) in [5, 5.41) is 0. The maximum absolute atomic E-state index is 5.79. The van der Waals surface area contributed by atoms with Gasteiger partial charge in [0, 0.05) is 6.42 Å². The van der Waals surface area contributed by atoms with Gasteiger partial charge in [0.1, 0.15) is 0 Å². The van der Waals surface area contributed by atoms with Gasteiger partial charge >= 0.3 is 0 Å². The molecular formula is C21H42O. The lowest BCUT2D eigenvalue weighted by Gasteiger charge is -2.09. The molecule has 0 radical (unpaired) electrons. The largest absolute Gasteiger partial charge is 0.498 e. The maximum Gasteiger partial charge on any atom is 0.0917 e. The van der Waals surface area contributed by atoms with Crippen LogP contribution in [0.3, 0.4) is 0 Å². The Kier molecular flexibility index (Phi) is 18.2. The second-order valence-electron chi connectivity index (χ2n) is 6.60. The fourth-order valence-corrected chi connectivity index (χ4v) is 2.79. The predicted octanol–water partition coefficient (Wildman–Crippen LogP) is 7.80. The minimum absolute atomic E-state index is 0.897. The normalized spacial score (nSPS) is 11.9. The zero-order chi connectivity index (χ0) is 16.3. The van der Waals surface area contributed by atoms with Gasteiger partial charge in [-0.2, -0.15) is 0 Å². The van der Waals surface area contributed by atoms with Gasteiger partial charge in [0.05, 0.1) is 12.4 Å². The first-order chi connectivity index (χ1) is 10.8. The highest BCUT2D eigenvalue weighted by molar-refractivity contribution is 4.89. The van der Waals surface area contributed by atoms with Crippen molar-refractivity contribution in [3.05, 3.63) is 11.8 Å². The first-order valence-electron chi connectivity index (χ1n) is 10.1. The molecule has 0 saturated heterocycles. The third-order valence-corrected chi connectivity index (χ3v) is 4.38. The summed E-state index contributed by atoms with van der Waals surface area (Å²) < 4.78 is 5.79. The average molecular weight is 311 g/mol. The number of allylic oxidation sites excluding steroid dienone is 2. The number of rotatable bonds is 17. The van der Waals surface area contributed by atoms with Crippen LogP contribution < -0.4 is 0 Å². The molecule has 0 aliphatic heterocycles. The summed E-state index contributed by atoms with van der Waals surface area (Å²) in [6.07, 6.45) is 22.7. The molecular weight excluding hydrogens is 268 g/mol. The van der Waals surface area contributed by atoms with Gasteiger partial charge in [0.25, 0.3) is 0 Å². The van der Waals surface area contributed by atoms with Crippen LogP contribution >= 0.6 is 0 Å². The Balaban J connectivity index is 3.22. The van der Waals surface area contributed by atoms with E-state index in [0.717, 1.165) is 13.0 Å². The molecule has 0 aromatic carbocycles. The van der Waals surface area contributed by atoms with Gasteiger partial charge in [-0.15, -0.1) is 0 Å². The molecule has 0 aromatic heterocycles. The number of ether oxygens (including phenoxy) is 1. The summed E-state index contributed by atoms with van der Waals surface area (Å²) in [6, 6.07) is 0. The molecule has 0 aliphatic rings. The van der Waals surface area contributed by atoms with Crippen LogP contribution in [0.2, 0.25) is 0 Å². The Morgan fingerprint density at radius 3 is 1.55 bits per heavy atom. The van der Waals surface area contributed by atoms with Gasteiger partial charge in [-0.1, -0.05) is 90.9 Å². The smallest absolute Gasteiger partial charge is 0.0917 e. The van der Waals surface area contributed by atoms with Crippen LogP contribution in [-0.4, -0.2) is 6.61 Å². The number of hydrogen-bond donors (Lipinski definition) is 0. The van der Waals surface area contributed by atoms with E-state index in [4.69, 9.17) is 4.74 Å². The average Bonchev–Trinajstić information content (AvgIpc) is 2.54. The van der Waals surface area contributed by atoms with Gasteiger partial charge in [-0.25, -0.2) is 0 Å². The van der Waals surface area contributed by atoms with Crippen LogP contribution in [0, 0.1) is 0 Å². The van der Waals surface area contributed by atoms with Crippen LogP contribution in [0.5, 0.6) is 0 Å². The van der Waals surface area contributed by atoms with Crippen LogP contribution in [0.1, 0.15) is 117 Å². The molecule has 0 aromatic rings. The summed E-state index contributed by atoms with van der Waals surface area (Å²) in [6.45, 7) is 7.50. The highest BCUT2D eigenvalue weighted by Crippen LogP contribution is 2.15. The second kappa shape index (κ2) is 18.6. The highest BCUT2D eigenvalue weighted by atomic mass is 16.5. The molecule has 0 rings (SSSR count). The number of unbranched alkanes of at least 4 members (excludes halogenated alkanes) is 12. The van der Waals surface area contributed by atoms with E-state index in [2.05, 4.69) is 26.8 Å². The van der Waals surface area contributed by atoms with Gasteiger partial charge in [-0.3, -0.25) is 0 Å². The van der Waals surface area contributed by atoms with Crippen molar-refractivity contribution in [2.75, 3.05) is 6.61 Å². The third-order valence-electron chi connectivity index (χ3n) is 4.38. The molecule has 0 bridgehead atoms. The summed E-state index contributed by atoms with van der Waals surface area (Å²) in [4.78, 5) is 0. The molecule has 0 fully saturated rings. The zero-order valence-corrected chi connectivity index (χ0v) is 15.8. The standard InChI is InChI=1S/C21H42O/c1-4-7-9-10-11-12-13-14-15-16-17-18-19-21(6-3)22-20-8-5-2/h6H,4-5,7-20H2,1-3H3. The Hall–Kier alpha value is -0.460. The Morgan fingerprint density at radius 1 is 0.636 bits per heavy atom. The molecule has 132 valence electrons. The highest BCUT2D eigenvalue weighted by Gasteiger charge is 1.98. The van der Waals surface area contributed by atoms with Crippen molar-refractivity contribution in [3.8, 4) is 0 Å². The van der Waals surface area contributed by atoms with Crippen molar-refractivity contribution in [3.63, 3.8) is 0 Å². The van der Waals surface area contributed by atoms with Gasteiger partial charge < -0.3 is 4.74 Å². The molecule has 0 spiro atoms. The molecule has 0 aliphatic carbocycles. The zero-order valence-electron chi connectivity index (χ0n) is 15.8. The summed E-state index contributed by atoms with van der Waals surface area (Å²) in [5.74, 6) is 1.21. The minimum Gasteiger partial charge on any atom is -0.498 e. The molecule has 1 nitrogen and oxygen atoms in total. The fourth-order valence-electron chi connectivity index (χ4n) is 2.79. The molecule has 1 heteroatoms. The first kappa shape index (κ1) is 21.5. The third kappa shape index (κ3) is 15.9. The van der Waals surface area contributed by atoms with Crippen molar-refractivity contribution >= 4 is 0 Å². The molecule has 0 saturated carbocycles. The lowest BCUT2D eigenvalue weighted by Crippen LogP contribution is -1.95. The van der Waals surface area contributed by atoms with E-state index in [1.807, 2.05) is 0 Å². The summed E-state index contributed by atoms with van der Waals surface area (Å²) >= 11 is 0. The lowest BCUT2D eigenvalue weighted by molar-refractivity contribution is 0.195. The molecule has 0 amide bonds. The topological polar surface area (TPSA) is 9.23 Å².